The van der Waals surface area contributed by atoms with E-state index in [2.05, 4.69) is 10.2 Å². The van der Waals surface area contributed by atoms with Gasteiger partial charge in [0.05, 0.1) is 5.02 Å². The standard InChI is InChI=1S/C13H10ClN3O/c1-8-2-4-9(5-3-8)10-6-7-17-12(11(10)14)15-16-13(17)18/h2-7H,1H3,(H,16,18). The highest BCUT2D eigenvalue weighted by Crippen LogP contribution is 2.29. The van der Waals surface area contributed by atoms with Crippen LogP contribution in [0, 0.1) is 6.92 Å². The Hall–Kier alpha value is -2.07. The first kappa shape index (κ1) is 11.0. The molecule has 0 aliphatic carbocycles. The zero-order valence-corrected chi connectivity index (χ0v) is 10.4. The molecule has 0 spiro atoms. The minimum absolute atomic E-state index is 0.289. The van der Waals surface area contributed by atoms with Crippen molar-refractivity contribution >= 4 is 17.2 Å². The van der Waals surface area contributed by atoms with E-state index in [4.69, 9.17) is 11.6 Å². The summed E-state index contributed by atoms with van der Waals surface area (Å²) in [6.45, 7) is 2.03. The summed E-state index contributed by atoms with van der Waals surface area (Å²) in [5.41, 5.74) is 3.21. The van der Waals surface area contributed by atoms with Crippen LogP contribution in [0.2, 0.25) is 5.02 Å². The Morgan fingerprint density at radius 3 is 2.67 bits per heavy atom. The molecule has 2 aromatic heterocycles. The van der Waals surface area contributed by atoms with Crippen molar-refractivity contribution in [2.45, 2.75) is 6.92 Å². The van der Waals surface area contributed by atoms with Crippen molar-refractivity contribution in [3.63, 3.8) is 0 Å². The summed E-state index contributed by atoms with van der Waals surface area (Å²) in [4.78, 5) is 11.4. The second-order valence-corrected chi connectivity index (χ2v) is 4.51. The van der Waals surface area contributed by atoms with Crippen molar-refractivity contribution < 1.29 is 0 Å². The van der Waals surface area contributed by atoms with Gasteiger partial charge in [-0.05, 0) is 18.6 Å². The maximum Gasteiger partial charge on any atom is 0.347 e. The largest absolute Gasteiger partial charge is 0.347 e. The Morgan fingerprint density at radius 1 is 1.22 bits per heavy atom. The summed E-state index contributed by atoms with van der Waals surface area (Å²) in [5.74, 6) is 0. The van der Waals surface area contributed by atoms with Crippen LogP contribution in [0.25, 0.3) is 16.8 Å². The van der Waals surface area contributed by atoms with Crippen molar-refractivity contribution in [2.75, 3.05) is 0 Å². The zero-order chi connectivity index (χ0) is 12.7. The first-order chi connectivity index (χ1) is 8.66. The molecular formula is C13H10ClN3O. The fraction of sp³-hybridized carbons (Fsp3) is 0.0769. The second kappa shape index (κ2) is 3.99. The highest BCUT2D eigenvalue weighted by Gasteiger charge is 2.10. The number of nitrogens with one attached hydrogen (secondary N) is 1. The monoisotopic (exact) mass is 259 g/mol. The molecule has 0 fully saturated rings. The van der Waals surface area contributed by atoms with Gasteiger partial charge in [0.1, 0.15) is 0 Å². The summed E-state index contributed by atoms with van der Waals surface area (Å²) in [6, 6.07) is 9.85. The van der Waals surface area contributed by atoms with Crippen LogP contribution in [0.3, 0.4) is 0 Å². The molecule has 5 heteroatoms. The van der Waals surface area contributed by atoms with Crippen LogP contribution >= 0.6 is 11.6 Å². The van der Waals surface area contributed by atoms with E-state index >= 15 is 0 Å². The predicted molar refractivity (Wildman–Crippen MR) is 71.0 cm³/mol. The van der Waals surface area contributed by atoms with Crippen LogP contribution in [-0.2, 0) is 0 Å². The topological polar surface area (TPSA) is 50.2 Å². The van der Waals surface area contributed by atoms with Crippen LogP contribution in [-0.4, -0.2) is 14.6 Å². The molecule has 0 amide bonds. The van der Waals surface area contributed by atoms with E-state index in [1.165, 1.54) is 9.96 Å². The van der Waals surface area contributed by atoms with Gasteiger partial charge in [0.25, 0.3) is 0 Å². The van der Waals surface area contributed by atoms with E-state index in [0.29, 0.717) is 10.7 Å². The number of fused-ring (bicyclic) bond motifs is 1. The van der Waals surface area contributed by atoms with Gasteiger partial charge in [0, 0.05) is 11.8 Å². The van der Waals surface area contributed by atoms with Gasteiger partial charge in [-0.3, -0.25) is 0 Å². The van der Waals surface area contributed by atoms with Crippen molar-refractivity contribution in [3.8, 4) is 11.1 Å². The average Bonchev–Trinajstić information content (AvgIpc) is 2.74. The Labute approximate surface area is 108 Å². The Balaban J connectivity index is 2.27. The third-order valence-electron chi connectivity index (χ3n) is 2.89. The first-order valence-corrected chi connectivity index (χ1v) is 5.87. The number of H-pyrrole nitrogens is 1. The minimum Gasteiger partial charge on any atom is -0.249 e. The molecule has 0 saturated carbocycles. The maximum absolute atomic E-state index is 11.4. The number of aromatic amines is 1. The Kier molecular flexibility index (Phi) is 2.45. The van der Waals surface area contributed by atoms with E-state index < -0.39 is 0 Å². The molecule has 0 unspecified atom stereocenters. The van der Waals surface area contributed by atoms with E-state index in [0.717, 1.165) is 11.1 Å². The molecule has 90 valence electrons. The van der Waals surface area contributed by atoms with Crippen molar-refractivity contribution in [1.82, 2.24) is 14.6 Å². The lowest BCUT2D eigenvalue weighted by Crippen LogP contribution is -2.08. The lowest BCUT2D eigenvalue weighted by molar-refractivity contribution is 1.02. The highest BCUT2D eigenvalue weighted by atomic mass is 35.5. The van der Waals surface area contributed by atoms with E-state index in [1.807, 2.05) is 37.3 Å². The van der Waals surface area contributed by atoms with Crippen molar-refractivity contribution in [2.24, 2.45) is 0 Å². The fourth-order valence-corrected chi connectivity index (χ4v) is 2.20. The molecule has 0 aliphatic heterocycles. The van der Waals surface area contributed by atoms with Crippen molar-refractivity contribution in [1.29, 1.82) is 0 Å². The number of rotatable bonds is 1. The number of benzene rings is 1. The summed E-state index contributed by atoms with van der Waals surface area (Å²) in [5, 5.41) is 6.77. The molecule has 2 heterocycles. The smallest absolute Gasteiger partial charge is 0.249 e. The quantitative estimate of drug-likeness (QED) is 0.730. The third-order valence-corrected chi connectivity index (χ3v) is 3.26. The Morgan fingerprint density at radius 2 is 1.94 bits per heavy atom. The molecule has 1 aromatic carbocycles. The van der Waals surface area contributed by atoms with Gasteiger partial charge in [-0.25, -0.2) is 14.3 Å². The maximum atomic E-state index is 11.4. The molecule has 1 N–H and O–H groups in total. The molecule has 0 saturated heterocycles. The molecule has 0 atom stereocenters. The number of hydrogen-bond donors (Lipinski definition) is 1. The minimum atomic E-state index is -0.289. The van der Waals surface area contributed by atoms with Crippen LogP contribution < -0.4 is 5.69 Å². The first-order valence-electron chi connectivity index (χ1n) is 5.49. The number of aryl methyl sites for hydroxylation is 1. The van der Waals surface area contributed by atoms with E-state index in [-0.39, 0.29) is 5.69 Å². The molecule has 0 aliphatic rings. The lowest BCUT2D eigenvalue weighted by atomic mass is 10.1. The lowest BCUT2D eigenvalue weighted by Gasteiger charge is -2.05. The molecule has 3 rings (SSSR count). The van der Waals surface area contributed by atoms with E-state index in [1.54, 1.807) is 6.20 Å². The molecule has 4 nitrogen and oxygen atoms in total. The average molecular weight is 260 g/mol. The van der Waals surface area contributed by atoms with Crippen LogP contribution in [0.1, 0.15) is 5.56 Å². The molecule has 0 bridgehead atoms. The SMILES string of the molecule is Cc1ccc(-c2ccn3c(=O)[nH]nc3c2Cl)cc1. The summed E-state index contributed by atoms with van der Waals surface area (Å²) >= 11 is 6.29. The van der Waals surface area contributed by atoms with Gasteiger partial charge in [-0.1, -0.05) is 41.4 Å². The second-order valence-electron chi connectivity index (χ2n) is 4.13. The number of pyridine rings is 1. The number of hydrogen-bond acceptors (Lipinski definition) is 2. The zero-order valence-electron chi connectivity index (χ0n) is 9.64. The number of halogens is 1. The molecule has 3 aromatic rings. The molecular weight excluding hydrogens is 250 g/mol. The summed E-state index contributed by atoms with van der Waals surface area (Å²) < 4.78 is 1.39. The third kappa shape index (κ3) is 1.62. The Bertz CT molecular complexity index is 771. The van der Waals surface area contributed by atoms with Gasteiger partial charge >= 0.3 is 5.69 Å². The summed E-state index contributed by atoms with van der Waals surface area (Å²) in [7, 11) is 0. The summed E-state index contributed by atoms with van der Waals surface area (Å²) in [6.07, 6.45) is 1.67. The van der Waals surface area contributed by atoms with Gasteiger partial charge < -0.3 is 0 Å². The molecule has 0 radical (unpaired) electrons. The fourth-order valence-electron chi connectivity index (χ4n) is 1.90. The molecule has 18 heavy (non-hydrogen) atoms. The van der Waals surface area contributed by atoms with Crippen LogP contribution in [0.15, 0.2) is 41.3 Å². The highest BCUT2D eigenvalue weighted by molar-refractivity contribution is 6.36. The number of aromatic nitrogens is 3. The van der Waals surface area contributed by atoms with Crippen molar-refractivity contribution in [3.05, 3.63) is 57.6 Å². The van der Waals surface area contributed by atoms with E-state index in [9.17, 15) is 4.79 Å². The number of nitrogens with zero attached hydrogens (tertiary/aromatic N) is 2. The van der Waals surface area contributed by atoms with Gasteiger partial charge in [0.2, 0.25) is 0 Å². The van der Waals surface area contributed by atoms with Gasteiger partial charge in [-0.2, -0.15) is 5.10 Å². The normalized spacial score (nSPS) is 11.0. The van der Waals surface area contributed by atoms with Gasteiger partial charge in [-0.15, -0.1) is 0 Å². The van der Waals surface area contributed by atoms with Crippen LogP contribution in [0.5, 0.6) is 0 Å². The predicted octanol–water partition coefficient (Wildman–Crippen LogP) is 2.65. The van der Waals surface area contributed by atoms with Crippen LogP contribution in [0.4, 0.5) is 0 Å². The van der Waals surface area contributed by atoms with Gasteiger partial charge in [0.15, 0.2) is 5.65 Å².